The van der Waals surface area contributed by atoms with Crippen molar-refractivity contribution in [2.45, 2.75) is 13.8 Å². The number of rotatable bonds is 5. The Morgan fingerprint density at radius 1 is 1.40 bits per heavy atom. The Morgan fingerprint density at radius 3 is 2.80 bits per heavy atom. The van der Waals surface area contributed by atoms with E-state index in [4.69, 9.17) is 4.74 Å². The van der Waals surface area contributed by atoms with Crippen molar-refractivity contribution in [3.8, 4) is 5.75 Å². The van der Waals surface area contributed by atoms with Gasteiger partial charge in [-0.05, 0) is 40.0 Å². The number of hydrogen-bond acceptors (Lipinski definition) is 3. The molecule has 0 saturated carbocycles. The lowest BCUT2D eigenvalue weighted by Gasteiger charge is -2.13. The van der Waals surface area contributed by atoms with E-state index < -0.39 is 0 Å². The van der Waals surface area contributed by atoms with Crippen LogP contribution in [0.25, 0.3) is 0 Å². The van der Waals surface area contributed by atoms with Gasteiger partial charge in [0.25, 0.3) is 5.91 Å². The van der Waals surface area contributed by atoms with Crippen LogP contribution in [0.15, 0.2) is 39.5 Å². The smallest absolute Gasteiger partial charge is 0.256 e. The number of carbonyl (C=O) groups excluding carboxylic acids is 1. The summed E-state index contributed by atoms with van der Waals surface area (Å²) in [6, 6.07) is 9.28. The van der Waals surface area contributed by atoms with Gasteiger partial charge in [-0.1, -0.05) is 26.0 Å². The third-order valence-corrected chi connectivity index (χ3v) is 4.04. The Bertz CT molecular complexity index is 595. The molecule has 1 amide bonds. The van der Waals surface area contributed by atoms with E-state index in [1.54, 1.807) is 6.07 Å². The average molecular weight is 354 g/mol. The predicted molar refractivity (Wildman–Crippen MR) is 86.7 cm³/mol. The van der Waals surface area contributed by atoms with Gasteiger partial charge in [-0.2, -0.15) is 0 Å². The zero-order valence-corrected chi connectivity index (χ0v) is 13.8. The number of halogens is 1. The van der Waals surface area contributed by atoms with Gasteiger partial charge in [-0.3, -0.25) is 4.79 Å². The summed E-state index contributed by atoms with van der Waals surface area (Å²) in [7, 11) is 0. The molecule has 106 valence electrons. The maximum atomic E-state index is 12.1. The number of carbonyl (C=O) groups is 1. The zero-order chi connectivity index (χ0) is 14.5. The van der Waals surface area contributed by atoms with E-state index >= 15 is 0 Å². The summed E-state index contributed by atoms with van der Waals surface area (Å²) >= 11 is 4.84. The number of thiophene rings is 1. The van der Waals surface area contributed by atoms with Crippen LogP contribution in [0.4, 0.5) is 5.69 Å². The lowest BCUT2D eigenvalue weighted by atomic mass is 10.2. The van der Waals surface area contributed by atoms with Crippen LogP contribution in [-0.2, 0) is 0 Å². The molecule has 5 heteroatoms. The van der Waals surface area contributed by atoms with Gasteiger partial charge in [0.05, 0.1) is 21.6 Å². The summed E-state index contributed by atoms with van der Waals surface area (Å²) in [6.07, 6.45) is 0. The van der Waals surface area contributed by atoms with Crippen LogP contribution in [0.3, 0.4) is 0 Å². The quantitative estimate of drug-likeness (QED) is 0.838. The second-order valence-electron chi connectivity index (χ2n) is 4.79. The third-order valence-electron chi connectivity index (χ3n) is 2.54. The minimum Gasteiger partial charge on any atom is -0.491 e. The van der Waals surface area contributed by atoms with E-state index in [1.807, 2.05) is 29.6 Å². The lowest BCUT2D eigenvalue weighted by molar-refractivity contribution is 0.102. The number of anilines is 1. The molecule has 0 unspecified atom stereocenters. The summed E-state index contributed by atoms with van der Waals surface area (Å²) in [5, 5.41) is 4.70. The van der Waals surface area contributed by atoms with Gasteiger partial charge in [-0.25, -0.2) is 0 Å². The molecule has 1 aromatic carbocycles. The van der Waals surface area contributed by atoms with Crippen molar-refractivity contribution < 1.29 is 9.53 Å². The van der Waals surface area contributed by atoms with Crippen molar-refractivity contribution in [3.63, 3.8) is 0 Å². The summed E-state index contributed by atoms with van der Waals surface area (Å²) in [4.78, 5) is 12.1. The van der Waals surface area contributed by atoms with Gasteiger partial charge < -0.3 is 10.1 Å². The summed E-state index contributed by atoms with van der Waals surface area (Å²) in [5.74, 6) is 1.00. The molecule has 0 atom stereocenters. The van der Waals surface area contributed by atoms with Crippen LogP contribution in [0.1, 0.15) is 24.2 Å². The number of benzene rings is 1. The standard InChI is InChI=1S/C15H16BrNO2S/c1-10(2)8-19-13-6-4-3-5-12(13)17-15(18)11-7-14(16)20-9-11/h3-7,9-10H,8H2,1-2H3,(H,17,18). The number of hydrogen-bond donors (Lipinski definition) is 1. The van der Waals surface area contributed by atoms with Gasteiger partial charge >= 0.3 is 0 Å². The van der Waals surface area contributed by atoms with Gasteiger partial charge in [-0.15, -0.1) is 11.3 Å². The van der Waals surface area contributed by atoms with E-state index in [1.165, 1.54) is 11.3 Å². The molecule has 2 rings (SSSR count). The predicted octanol–water partition coefficient (Wildman–Crippen LogP) is 4.80. The lowest BCUT2D eigenvalue weighted by Crippen LogP contribution is -2.13. The number of para-hydroxylation sites is 2. The van der Waals surface area contributed by atoms with E-state index in [2.05, 4.69) is 35.1 Å². The fraction of sp³-hybridized carbons (Fsp3) is 0.267. The average Bonchev–Trinajstić information content (AvgIpc) is 2.84. The van der Waals surface area contributed by atoms with Crippen molar-refractivity contribution in [2.75, 3.05) is 11.9 Å². The van der Waals surface area contributed by atoms with Crippen LogP contribution in [-0.4, -0.2) is 12.5 Å². The van der Waals surface area contributed by atoms with Gasteiger partial charge in [0.2, 0.25) is 0 Å². The Morgan fingerprint density at radius 2 is 2.15 bits per heavy atom. The Hall–Kier alpha value is -1.33. The molecule has 1 aromatic heterocycles. The first-order valence-corrected chi connectivity index (χ1v) is 8.00. The molecule has 2 aromatic rings. The molecular weight excluding hydrogens is 338 g/mol. The SMILES string of the molecule is CC(C)COc1ccccc1NC(=O)c1csc(Br)c1. The molecule has 0 fully saturated rings. The fourth-order valence-electron chi connectivity index (χ4n) is 1.58. The first kappa shape index (κ1) is 15.1. The van der Waals surface area contributed by atoms with E-state index in [9.17, 15) is 4.79 Å². The third kappa shape index (κ3) is 4.08. The van der Waals surface area contributed by atoms with Crippen LogP contribution in [0.5, 0.6) is 5.75 Å². The van der Waals surface area contributed by atoms with Gasteiger partial charge in [0.15, 0.2) is 0 Å². The molecule has 3 nitrogen and oxygen atoms in total. The van der Waals surface area contributed by atoms with Gasteiger partial charge in [0, 0.05) is 5.38 Å². The molecular formula is C15H16BrNO2S. The minimum atomic E-state index is -0.132. The summed E-state index contributed by atoms with van der Waals surface area (Å²) < 4.78 is 6.66. The van der Waals surface area contributed by atoms with Crippen LogP contribution < -0.4 is 10.1 Å². The largest absolute Gasteiger partial charge is 0.491 e. The molecule has 1 N–H and O–H groups in total. The summed E-state index contributed by atoms with van der Waals surface area (Å²) in [5.41, 5.74) is 1.33. The van der Waals surface area contributed by atoms with E-state index in [0.29, 0.717) is 29.5 Å². The molecule has 0 saturated heterocycles. The Labute approximate surface area is 131 Å². The normalized spacial score (nSPS) is 10.6. The highest BCUT2D eigenvalue weighted by Gasteiger charge is 2.11. The number of ether oxygens (including phenoxy) is 1. The highest BCUT2D eigenvalue weighted by molar-refractivity contribution is 9.11. The molecule has 0 radical (unpaired) electrons. The van der Waals surface area contributed by atoms with Crippen molar-refractivity contribution in [3.05, 3.63) is 45.1 Å². The van der Waals surface area contributed by atoms with Crippen LogP contribution in [0, 0.1) is 5.92 Å². The van der Waals surface area contributed by atoms with Crippen molar-refractivity contribution in [1.29, 1.82) is 0 Å². The van der Waals surface area contributed by atoms with Crippen molar-refractivity contribution >= 4 is 38.9 Å². The molecule has 0 bridgehead atoms. The molecule has 0 aliphatic heterocycles. The van der Waals surface area contributed by atoms with Crippen molar-refractivity contribution in [2.24, 2.45) is 5.92 Å². The maximum Gasteiger partial charge on any atom is 0.256 e. The second kappa shape index (κ2) is 6.90. The van der Waals surface area contributed by atoms with Crippen molar-refractivity contribution in [1.82, 2.24) is 0 Å². The molecule has 20 heavy (non-hydrogen) atoms. The second-order valence-corrected chi connectivity index (χ2v) is 7.09. The van der Waals surface area contributed by atoms with Crippen LogP contribution in [0.2, 0.25) is 0 Å². The molecule has 0 aliphatic carbocycles. The molecule has 1 heterocycles. The maximum absolute atomic E-state index is 12.1. The number of nitrogens with one attached hydrogen (secondary N) is 1. The highest BCUT2D eigenvalue weighted by Crippen LogP contribution is 2.26. The van der Waals surface area contributed by atoms with Gasteiger partial charge in [0.1, 0.15) is 5.75 Å². The highest BCUT2D eigenvalue weighted by atomic mass is 79.9. The summed E-state index contributed by atoms with van der Waals surface area (Å²) in [6.45, 7) is 4.80. The number of amides is 1. The molecule has 0 aliphatic rings. The minimum absolute atomic E-state index is 0.132. The van der Waals surface area contributed by atoms with E-state index in [-0.39, 0.29) is 5.91 Å². The zero-order valence-electron chi connectivity index (χ0n) is 11.4. The first-order valence-electron chi connectivity index (χ1n) is 6.33. The van der Waals surface area contributed by atoms with Crippen LogP contribution >= 0.6 is 27.3 Å². The monoisotopic (exact) mass is 353 g/mol. The fourth-order valence-corrected chi connectivity index (χ4v) is 2.71. The Kier molecular flexibility index (Phi) is 5.20. The topological polar surface area (TPSA) is 38.3 Å². The molecule has 0 spiro atoms. The van der Waals surface area contributed by atoms with E-state index in [0.717, 1.165) is 3.79 Å². The Balaban J connectivity index is 2.10. The first-order chi connectivity index (χ1) is 9.56.